The van der Waals surface area contributed by atoms with Crippen LogP contribution in [0.4, 0.5) is 11.8 Å². The number of carbonyl (C=O) groups is 1. The minimum Gasteiger partial charge on any atom is -0.481 e. The molecule has 0 bridgehead atoms. The van der Waals surface area contributed by atoms with Gasteiger partial charge in [-0.05, 0) is 20.3 Å². The molecular formula is C17H26N4O5. The summed E-state index contributed by atoms with van der Waals surface area (Å²) in [5.41, 5.74) is -0.586. The van der Waals surface area contributed by atoms with Crippen LogP contribution in [0.1, 0.15) is 25.8 Å². The lowest BCUT2D eigenvalue weighted by Gasteiger charge is -2.36. The molecule has 2 aliphatic rings. The Hall–Kier alpha value is -1.97. The second-order valence-corrected chi connectivity index (χ2v) is 7.31. The van der Waals surface area contributed by atoms with E-state index in [1.54, 1.807) is 20.0 Å². The van der Waals surface area contributed by atoms with Gasteiger partial charge in [-0.3, -0.25) is 4.79 Å². The van der Waals surface area contributed by atoms with E-state index in [1.165, 1.54) is 0 Å². The molecule has 0 aromatic carbocycles. The highest BCUT2D eigenvalue weighted by atomic mass is 16.5. The Bertz CT molecular complexity index is 663. The third kappa shape index (κ3) is 3.60. The monoisotopic (exact) mass is 366 g/mol. The molecule has 2 atom stereocenters. The maximum absolute atomic E-state index is 11.8. The molecule has 2 fully saturated rings. The summed E-state index contributed by atoms with van der Waals surface area (Å²) >= 11 is 0. The van der Waals surface area contributed by atoms with Crippen LogP contribution in [0, 0.1) is 0 Å². The minimum absolute atomic E-state index is 0.241. The van der Waals surface area contributed by atoms with Crippen molar-refractivity contribution >= 4 is 17.7 Å². The summed E-state index contributed by atoms with van der Waals surface area (Å²) in [5, 5.41) is 29.3. The lowest BCUT2D eigenvalue weighted by molar-refractivity contribution is -0.142. The third-order valence-corrected chi connectivity index (χ3v) is 5.10. The summed E-state index contributed by atoms with van der Waals surface area (Å²) < 4.78 is 5.39. The summed E-state index contributed by atoms with van der Waals surface area (Å²) in [6, 6.07) is 0. The maximum atomic E-state index is 11.8. The number of aromatic nitrogens is 2. The molecule has 0 saturated carbocycles. The van der Waals surface area contributed by atoms with Gasteiger partial charge in [-0.25, -0.2) is 4.98 Å². The molecule has 1 aromatic rings. The minimum atomic E-state index is -1.14. The molecule has 0 amide bonds. The van der Waals surface area contributed by atoms with Crippen molar-refractivity contribution in [3.63, 3.8) is 0 Å². The van der Waals surface area contributed by atoms with Crippen LogP contribution in [-0.4, -0.2) is 82.9 Å². The number of ether oxygens (including phenoxy) is 1. The zero-order valence-corrected chi connectivity index (χ0v) is 15.1. The first kappa shape index (κ1) is 18.8. The number of rotatable bonds is 4. The maximum Gasteiger partial charge on any atom is 0.313 e. The Morgan fingerprint density at radius 3 is 2.50 bits per heavy atom. The Balaban J connectivity index is 1.97. The number of aliphatic carboxylic acids is 1. The van der Waals surface area contributed by atoms with Crippen LogP contribution in [0.25, 0.3) is 0 Å². The topological polar surface area (TPSA) is 119 Å². The van der Waals surface area contributed by atoms with Crippen molar-refractivity contribution in [2.75, 3.05) is 49.2 Å². The summed E-state index contributed by atoms with van der Waals surface area (Å²) in [5.74, 6) is 0.0774. The van der Waals surface area contributed by atoms with Gasteiger partial charge in [0.05, 0.1) is 30.8 Å². The third-order valence-electron chi connectivity index (χ3n) is 5.10. The number of hydrogen-bond donors (Lipinski definition) is 3. The standard InChI is InChI=1S/C17H26N4O5/c1-17(2,15(24)25)11-9-18-16(21-4-3-12(22)13(23)10-21)19-14(11)20-5-7-26-8-6-20/h9,12-13,22-23H,3-8,10H2,1-2H3,(H,24,25)/t12-,13-/m0/s1. The quantitative estimate of drug-likeness (QED) is 0.654. The summed E-state index contributed by atoms with van der Waals surface area (Å²) in [6.07, 6.45) is 0.405. The van der Waals surface area contributed by atoms with E-state index in [0.29, 0.717) is 56.6 Å². The molecule has 144 valence electrons. The molecule has 3 rings (SSSR count). The van der Waals surface area contributed by atoms with E-state index in [1.807, 2.05) is 9.80 Å². The lowest BCUT2D eigenvalue weighted by atomic mass is 9.85. The number of hydrogen-bond acceptors (Lipinski definition) is 8. The number of carboxylic acids is 1. The van der Waals surface area contributed by atoms with Gasteiger partial charge in [-0.1, -0.05) is 0 Å². The second kappa shape index (κ2) is 7.34. The number of piperidine rings is 1. The molecule has 9 heteroatoms. The van der Waals surface area contributed by atoms with Gasteiger partial charge in [0.1, 0.15) is 5.82 Å². The van der Waals surface area contributed by atoms with Crippen molar-refractivity contribution in [3.05, 3.63) is 11.8 Å². The summed E-state index contributed by atoms with van der Waals surface area (Å²) in [7, 11) is 0. The number of nitrogens with zero attached hydrogens (tertiary/aromatic N) is 4. The predicted molar refractivity (Wildman–Crippen MR) is 94.6 cm³/mol. The first-order valence-electron chi connectivity index (χ1n) is 8.85. The van der Waals surface area contributed by atoms with E-state index in [2.05, 4.69) is 9.97 Å². The summed E-state index contributed by atoms with van der Waals surface area (Å²) in [4.78, 5) is 24.6. The lowest BCUT2D eigenvalue weighted by Crippen LogP contribution is -2.47. The van der Waals surface area contributed by atoms with Gasteiger partial charge < -0.3 is 29.9 Å². The molecule has 2 saturated heterocycles. The molecule has 3 heterocycles. The average Bonchev–Trinajstić information content (AvgIpc) is 2.64. The fraction of sp³-hybridized carbons (Fsp3) is 0.706. The predicted octanol–water partition coefficient (Wildman–Crippen LogP) is -0.393. The Kier molecular flexibility index (Phi) is 5.31. The van der Waals surface area contributed by atoms with Gasteiger partial charge in [0.15, 0.2) is 0 Å². The van der Waals surface area contributed by atoms with Gasteiger partial charge in [0.2, 0.25) is 5.95 Å². The van der Waals surface area contributed by atoms with E-state index in [4.69, 9.17) is 4.74 Å². The number of β-amino-alcohol motifs (C(OH)–C–C–N with tert-alkyl or cyclic N) is 1. The summed E-state index contributed by atoms with van der Waals surface area (Å²) in [6.45, 7) is 6.41. The molecule has 9 nitrogen and oxygen atoms in total. The van der Waals surface area contributed by atoms with Gasteiger partial charge in [-0.15, -0.1) is 0 Å². The highest BCUT2D eigenvalue weighted by molar-refractivity contribution is 5.82. The zero-order chi connectivity index (χ0) is 18.9. The average molecular weight is 366 g/mol. The number of anilines is 2. The van der Waals surface area contributed by atoms with Crippen LogP contribution in [-0.2, 0) is 14.9 Å². The van der Waals surface area contributed by atoms with E-state index in [-0.39, 0.29) is 6.54 Å². The number of morpholine rings is 1. The molecule has 0 spiro atoms. The zero-order valence-electron chi connectivity index (χ0n) is 15.1. The SMILES string of the molecule is CC(C)(C(=O)O)c1cnc(N2CC[C@H](O)[C@@H](O)C2)nc1N1CCOCC1. The van der Waals surface area contributed by atoms with Crippen LogP contribution < -0.4 is 9.80 Å². The number of aliphatic hydroxyl groups excluding tert-OH is 2. The van der Waals surface area contributed by atoms with Gasteiger partial charge in [0, 0.05) is 37.9 Å². The van der Waals surface area contributed by atoms with Crippen LogP contribution in [0.15, 0.2) is 6.20 Å². The van der Waals surface area contributed by atoms with Crippen molar-refractivity contribution in [1.82, 2.24) is 9.97 Å². The highest BCUT2D eigenvalue weighted by Crippen LogP contribution is 2.33. The smallest absolute Gasteiger partial charge is 0.313 e. The van der Waals surface area contributed by atoms with Gasteiger partial charge >= 0.3 is 5.97 Å². The van der Waals surface area contributed by atoms with E-state index in [9.17, 15) is 20.1 Å². The fourth-order valence-corrected chi connectivity index (χ4v) is 3.19. The van der Waals surface area contributed by atoms with Crippen LogP contribution in [0.2, 0.25) is 0 Å². The molecule has 2 aliphatic heterocycles. The first-order valence-corrected chi connectivity index (χ1v) is 8.85. The van der Waals surface area contributed by atoms with Gasteiger partial charge in [-0.2, -0.15) is 4.98 Å². The molecule has 26 heavy (non-hydrogen) atoms. The number of aliphatic hydroxyl groups is 2. The van der Waals surface area contributed by atoms with Crippen molar-refractivity contribution in [2.45, 2.75) is 37.9 Å². The van der Waals surface area contributed by atoms with Crippen LogP contribution in [0.3, 0.4) is 0 Å². The van der Waals surface area contributed by atoms with Crippen LogP contribution in [0.5, 0.6) is 0 Å². The van der Waals surface area contributed by atoms with Crippen LogP contribution >= 0.6 is 0 Å². The molecule has 3 N–H and O–H groups in total. The largest absolute Gasteiger partial charge is 0.481 e. The fourth-order valence-electron chi connectivity index (χ4n) is 3.19. The molecule has 1 aromatic heterocycles. The second-order valence-electron chi connectivity index (χ2n) is 7.31. The van der Waals surface area contributed by atoms with E-state index in [0.717, 1.165) is 0 Å². The van der Waals surface area contributed by atoms with E-state index < -0.39 is 23.6 Å². The van der Waals surface area contributed by atoms with Crippen molar-refractivity contribution in [2.24, 2.45) is 0 Å². The van der Waals surface area contributed by atoms with Crippen molar-refractivity contribution in [1.29, 1.82) is 0 Å². The molecule has 0 aliphatic carbocycles. The van der Waals surface area contributed by atoms with E-state index >= 15 is 0 Å². The molecule has 0 radical (unpaired) electrons. The Morgan fingerprint density at radius 1 is 1.19 bits per heavy atom. The van der Waals surface area contributed by atoms with Crippen molar-refractivity contribution < 1.29 is 24.9 Å². The Morgan fingerprint density at radius 2 is 1.88 bits per heavy atom. The highest BCUT2D eigenvalue weighted by Gasteiger charge is 2.36. The first-order chi connectivity index (χ1) is 12.3. The molecule has 0 unspecified atom stereocenters. The molecular weight excluding hydrogens is 340 g/mol. The van der Waals surface area contributed by atoms with Gasteiger partial charge in [0.25, 0.3) is 0 Å². The normalized spacial score (nSPS) is 24.6. The van der Waals surface area contributed by atoms with Crippen molar-refractivity contribution in [3.8, 4) is 0 Å². The number of carboxylic acid groups (broad SMARTS) is 1. The Labute approximate surface area is 152 Å².